The number of methoxy groups -OCH3 is 2. The summed E-state index contributed by atoms with van der Waals surface area (Å²) in [6, 6.07) is 11.3. The minimum Gasteiger partial charge on any atom is -0.497 e. The van der Waals surface area contributed by atoms with Crippen LogP contribution < -0.4 is 4.74 Å². The SMILES string of the molecule is COC(=O)c1ccc(CCc2ccc(OC)cc2)o1. The van der Waals surface area contributed by atoms with E-state index in [2.05, 4.69) is 4.74 Å². The van der Waals surface area contributed by atoms with Crippen molar-refractivity contribution < 1.29 is 18.7 Å². The Kier molecular flexibility index (Phi) is 4.23. The van der Waals surface area contributed by atoms with Crippen molar-refractivity contribution in [3.8, 4) is 5.75 Å². The molecule has 0 bridgehead atoms. The molecular weight excluding hydrogens is 244 g/mol. The lowest BCUT2D eigenvalue weighted by atomic mass is 10.1. The molecule has 100 valence electrons. The van der Waals surface area contributed by atoms with Gasteiger partial charge in [-0.05, 0) is 36.2 Å². The molecule has 1 aromatic carbocycles. The zero-order chi connectivity index (χ0) is 13.7. The van der Waals surface area contributed by atoms with Crippen LogP contribution in [-0.4, -0.2) is 20.2 Å². The van der Waals surface area contributed by atoms with Crippen LogP contribution in [0, 0.1) is 0 Å². The van der Waals surface area contributed by atoms with Crippen molar-refractivity contribution in [3.63, 3.8) is 0 Å². The van der Waals surface area contributed by atoms with Crippen molar-refractivity contribution in [1.29, 1.82) is 0 Å². The lowest BCUT2D eigenvalue weighted by molar-refractivity contribution is 0.0563. The van der Waals surface area contributed by atoms with Crippen LogP contribution in [0.15, 0.2) is 40.8 Å². The largest absolute Gasteiger partial charge is 0.497 e. The summed E-state index contributed by atoms with van der Waals surface area (Å²) in [5.41, 5.74) is 1.19. The monoisotopic (exact) mass is 260 g/mol. The Morgan fingerprint density at radius 1 is 1.05 bits per heavy atom. The highest BCUT2D eigenvalue weighted by molar-refractivity contribution is 5.86. The molecule has 0 spiro atoms. The first kappa shape index (κ1) is 13.2. The standard InChI is InChI=1S/C15H16O4/c1-17-12-6-3-11(4-7-12)5-8-13-9-10-14(19-13)15(16)18-2/h3-4,6-7,9-10H,5,8H2,1-2H3. The van der Waals surface area contributed by atoms with Gasteiger partial charge < -0.3 is 13.9 Å². The van der Waals surface area contributed by atoms with Gasteiger partial charge in [-0.1, -0.05) is 12.1 Å². The predicted molar refractivity (Wildman–Crippen MR) is 70.4 cm³/mol. The quantitative estimate of drug-likeness (QED) is 0.776. The molecule has 0 amide bonds. The maximum Gasteiger partial charge on any atom is 0.373 e. The highest BCUT2D eigenvalue weighted by Crippen LogP contribution is 2.15. The number of hydrogen-bond acceptors (Lipinski definition) is 4. The molecule has 1 heterocycles. The van der Waals surface area contributed by atoms with Gasteiger partial charge in [0.2, 0.25) is 5.76 Å². The van der Waals surface area contributed by atoms with Crippen LogP contribution in [0.4, 0.5) is 0 Å². The zero-order valence-corrected chi connectivity index (χ0v) is 11.0. The highest BCUT2D eigenvalue weighted by Gasteiger charge is 2.10. The molecule has 19 heavy (non-hydrogen) atoms. The summed E-state index contributed by atoms with van der Waals surface area (Å²) in [5, 5.41) is 0. The smallest absolute Gasteiger partial charge is 0.373 e. The van der Waals surface area contributed by atoms with Crippen molar-refractivity contribution in [2.24, 2.45) is 0 Å². The number of carbonyl (C=O) groups is 1. The third kappa shape index (κ3) is 3.37. The molecule has 2 aromatic rings. The van der Waals surface area contributed by atoms with Crippen molar-refractivity contribution in [3.05, 3.63) is 53.5 Å². The summed E-state index contributed by atoms with van der Waals surface area (Å²) >= 11 is 0. The molecule has 0 saturated carbocycles. The van der Waals surface area contributed by atoms with E-state index < -0.39 is 5.97 Å². The predicted octanol–water partition coefficient (Wildman–Crippen LogP) is 2.86. The number of furan rings is 1. The Morgan fingerprint density at radius 3 is 2.42 bits per heavy atom. The number of hydrogen-bond donors (Lipinski definition) is 0. The Labute approximate surface area is 111 Å². The van der Waals surface area contributed by atoms with Crippen molar-refractivity contribution in [1.82, 2.24) is 0 Å². The number of carbonyl (C=O) groups excluding carboxylic acids is 1. The molecule has 2 rings (SSSR count). The van der Waals surface area contributed by atoms with E-state index in [1.54, 1.807) is 19.2 Å². The minimum atomic E-state index is -0.448. The van der Waals surface area contributed by atoms with Crippen LogP contribution in [-0.2, 0) is 17.6 Å². The number of ether oxygens (including phenoxy) is 2. The Balaban J connectivity index is 1.94. The van der Waals surface area contributed by atoms with E-state index in [9.17, 15) is 4.79 Å². The molecule has 0 fully saturated rings. The normalized spacial score (nSPS) is 10.2. The average molecular weight is 260 g/mol. The van der Waals surface area contributed by atoms with Crippen LogP contribution in [0.1, 0.15) is 21.9 Å². The summed E-state index contributed by atoms with van der Waals surface area (Å²) in [6.45, 7) is 0. The van der Waals surface area contributed by atoms with E-state index >= 15 is 0 Å². The maximum absolute atomic E-state index is 11.2. The van der Waals surface area contributed by atoms with Gasteiger partial charge in [-0.2, -0.15) is 0 Å². The van der Waals surface area contributed by atoms with Crippen LogP contribution in [0.25, 0.3) is 0 Å². The van der Waals surface area contributed by atoms with Crippen molar-refractivity contribution in [2.45, 2.75) is 12.8 Å². The van der Waals surface area contributed by atoms with E-state index in [1.807, 2.05) is 24.3 Å². The topological polar surface area (TPSA) is 48.7 Å². The van der Waals surface area contributed by atoms with Crippen molar-refractivity contribution in [2.75, 3.05) is 14.2 Å². The number of esters is 1. The van der Waals surface area contributed by atoms with Gasteiger partial charge in [-0.15, -0.1) is 0 Å². The van der Waals surface area contributed by atoms with Crippen LogP contribution in [0.3, 0.4) is 0 Å². The number of aryl methyl sites for hydroxylation is 2. The first-order chi connectivity index (χ1) is 9.22. The Hall–Kier alpha value is -2.23. The summed E-state index contributed by atoms with van der Waals surface area (Å²) in [5.74, 6) is 1.41. The summed E-state index contributed by atoms with van der Waals surface area (Å²) in [7, 11) is 2.98. The summed E-state index contributed by atoms with van der Waals surface area (Å²) < 4.78 is 15.1. The fourth-order valence-electron chi connectivity index (χ4n) is 1.78. The Bertz CT molecular complexity index is 540. The second-order valence-corrected chi connectivity index (χ2v) is 4.11. The first-order valence-electron chi connectivity index (χ1n) is 6.03. The number of rotatable bonds is 5. The molecule has 0 saturated heterocycles. The fourth-order valence-corrected chi connectivity index (χ4v) is 1.78. The van der Waals surface area contributed by atoms with E-state index in [4.69, 9.17) is 9.15 Å². The van der Waals surface area contributed by atoms with E-state index in [0.29, 0.717) is 0 Å². The van der Waals surface area contributed by atoms with E-state index in [0.717, 1.165) is 24.4 Å². The van der Waals surface area contributed by atoms with Gasteiger partial charge in [0.1, 0.15) is 11.5 Å². The second-order valence-electron chi connectivity index (χ2n) is 4.11. The third-order valence-electron chi connectivity index (χ3n) is 2.87. The van der Waals surface area contributed by atoms with Gasteiger partial charge in [0, 0.05) is 6.42 Å². The maximum atomic E-state index is 11.2. The molecule has 0 atom stereocenters. The summed E-state index contributed by atoms with van der Waals surface area (Å²) in [6.07, 6.45) is 1.58. The highest BCUT2D eigenvalue weighted by atomic mass is 16.5. The van der Waals surface area contributed by atoms with Gasteiger partial charge >= 0.3 is 5.97 Å². The number of benzene rings is 1. The molecular formula is C15H16O4. The molecule has 0 radical (unpaired) electrons. The van der Waals surface area contributed by atoms with Crippen LogP contribution in [0.5, 0.6) is 5.75 Å². The zero-order valence-electron chi connectivity index (χ0n) is 11.0. The van der Waals surface area contributed by atoms with Gasteiger partial charge in [-0.25, -0.2) is 4.79 Å². The minimum absolute atomic E-state index is 0.243. The molecule has 4 heteroatoms. The molecule has 1 aromatic heterocycles. The van der Waals surface area contributed by atoms with Gasteiger partial charge in [0.25, 0.3) is 0 Å². The fraction of sp³-hybridized carbons (Fsp3) is 0.267. The molecule has 4 nitrogen and oxygen atoms in total. The molecule has 0 N–H and O–H groups in total. The lowest BCUT2D eigenvalue weighted by Crippen LogP contribution is -1.98. The molecule has 0 unspecified atom stereocenters. The Morgan fingerprint density at radius 2 is 1.79 bits per heavy atom. The van der Waals surface area contributed by atoms with E-state index in [1.165, 1.54) is 12.7 Å². The first-order valence-corrected chi connectivity index (χ1v) is 6.03. The van der Waals surface area contributed by atoms with Crippen molar-refractivity contribution >= 4 is 5.97 Å². The van der Waals surface area contributed by atoms with Gasteiger partial charge in [0.05, 0.1) is 14.2 Å². The molecule has 0 aliphatic heterocycles. The summed E-state index contributed by atoms with van der Waals surface area (Å²) in [4.78, 5) is 11.2. The lowest BCUT2D eigenvalue weighted by Gasteiger charge is -2.02. The van der Waals surface area contributed by atoms with Gasteiger partial charge in [0.15, 0.2) is 0 Å². The van der Waals surface area contributed by atoms with Crippen LogP contribution in [0.2, 0.25) is 0 Å². The van der Waals surface area contributed by atoms with Crippen LogP contribution >= 0.6 is 0 Å². The molecule has 0 aliphatic rings. The average Bonchev–Trinajstić information content (AvgIpc) is 2.93. The third-order valence-corrected chi connectivity index (χ3v) is 2.87. The van der Waals surface area contributed by atoms with E-state index in [-0.39, 0.29) is 5.76 Å². The second kappa shape index (κ2) is 6.09. The molecule has 0 aliphatic carbocycles. The van der Waals surface area contributed by atoms with Gasteiger partial charge in [-0.3, -0.25) is 0 Å².